The maximum atomic E-state index is 5.36. The molecule has 134 valence electrons. The first-order chi connectivity index (χ1) is 13.3. The Hall–Kier alpha value is -2.52. The first kappa shape index (κ1) is 16.6. The van der Waals surface area contributed by atoms with Gasteiger partial charge in [0.05, 0.1) is 18.5 Å². The predicted molar refractivity (Wildman–Crippen MR) is 112 cm³/mol. The summed E-state index contributed by atoms with van der Waals surface area (Å²) in [5.74, 6) is 1.31. The molecule has 27 heavy (non-hydrogen) atoms. The molecule has 3 aromatic carbocycles. The molecular weight excluding hydrogens is 350 g/mol. The highest BCUT2D eigenvalue weighted by atomic mass is 32.2. The molecule has 0 bridgehead atoms. The lowest BCUT2D eigenvalue weighted by Crippen LogP contribution is -2.27. The van der Waals surface area contributed by atoms with Crippen LogP contribution < -0.4 is 4.74 Å². The Morgan fingerprint density at radius 2 is 1.70 bits per heavy atom. The Kier molecular flexibility index (Phi) is 4.25. The second-order valence-electron chi connectivity index (χ2n) is 7.08. The van der Waals surface area contributed by atoms with Gasteiger partial charge in [0.25, 0.3) is 0 Å². The minimum atomic E-state index is 0.353. The van der Waals surface area contributed by atoms with Gasteiger partial charge in [-0.3, -0.25) is 4.99 Å². The molecule has 0 amide bonds. The zero-order chi connectivity index (χ0) is 18.2. The predicted octanol–water partition coefficient (Wildman–Crippen LogP) is 6.23. The van der Waals surface area contributed by atoms with Gasteiger partial charge < -0.3 is 4.74 Å². The smallest absolute Gasteiger partial charge is 0.118 e. The van der Waals surface area contributed by atoms with E-state index in [1.165, 1.54) is 27.3 Å². The molecule has 1 aliphatic heterocycles. The topological polar surface area (TPSA) is 21.6 Å². The van der Waals surface area contributed by atoms with E-state index in [1.54, 1.807) is 7.11 Å². The number of rotatable bonds is 2. The van der Waals surface area contributed by atoms with E-state index >= 15 is 0 Å². The van der Waals surface area contributed by atoms with E-state index in [4.69, 9.17) is 9.73 Å². The summed E-state index contributed by atoms with van der Waals surface area (Å²) < 4.78 is 5.36. The van der Waals surface area contributed by atoms with E-state index in [2.05, 4.69) is 72.8 Å². The number of aliphatic imine (C=N–C) groups is 1. The zero-order valence-electron chi connectivity index (χ0n) is 15.3. The summed E-state index contributed by atoms with van der Waals surface area (Å²) in [5.41, 5.74) is 6.43. The van der Waals surface area contributed by atoms with Crippen LogP contribution in [0.5, 0.6) is 5.75 Å². The standard InChI is InChI=1S/C24H21NOS/c1-26-18-13-10-17(11-14-18)24-20-15-12-16-6-2-3-7-19(16)23(20)25-21-8-4-5-9-22(21)27-24/h2-11,13-14,20,24H,12,15H2,1H3/t20-,24-/m1/s1. The quantitative estimate of drug-likeness (QED) is 0.533. The van der Waals surface area contributed by atoms with Crippen LogP contribution in [0.4, 0.5) is 5.69 Å². The molecule has 0 N–H and O–H groups in total. The van der Waals surface area contributed by atoms with Gasteiger partial charge in [-0.05, 0) is 53.8 Å². The average molecular weight is 372 g/mol. The van der Waals surface area contributed by atoms with E-state index in [0.717, 1.165) is 24.3 Å². The third kappa shape index (κ3) is 2.96. The molecule has 0 spiro atoms. The van der Waals surface area contributed by atoms with Gasteiger partial charge >= 0.3 is 0 Å². The molecule has 3 heteroatoms. The fraction of sp³-hybridized carbons (Fsp3) is 0.208. The summed E-state index contributed by atoms with van der Waals surface area (Å²) in [5, 5.41) is 0.353. The molecule has 2 atom stereocenters. The van der Waals surface area contributed by atoms with Crippen LogP contribution in [0.3, 0.4) is 0 Å². The number of hydrogen-bond acceptors (Lipinski definition) is 3. The van der Waals surface area contributed by atoms with Crippen LogP contribution in [-0.2, 0) is 6.42 Å². The summed E-state index contributed by atoms with van der Waals surface area (Å²) in [6.45, 7) is 0. The highest BCUT2D eigenvalue weighted by molar-refractivity contribution is 7.99. The van der Waals surface area contributed by atoms with Crippen LogP contribution in [0.2, 0.25) is 0 Å². The van der Waals surface area contributed by atoms with Gasteiger partial charge in [-0.15, -0.1) is 11.8 Å². The van der Waals surface area contributed by atoms with Crippen LogP contribution in [0.25, 0.3) is 0 Å². The van der Waals surface area contributed by atoms with Gasteiger partial charge in [-0.1, -0.05) is 48.5 Å². The molecule has 5 rings (SSSR count). The largest absolute Gasteiger partial charge is 0.497 e. The number of benzene rings is 3. The maximum Gasteiger partial charge on any atom is 0.118 e. The minimum absolute atomic E-state index is 0.353. The number of methoxy groups -OCH3 is 1. The van der Waals surface area contributed by atoms with Gasteiger partial charge in [0, 0.05) is 16.1 Å². The van der Waals surface area contributed by atoms with Crippen LogP contribution in [0.1, 0.15) is 28.4 Å². The van der Waals surface area contributed by atoms with Crippen LogP contribution >= 0.6 is 11.8 Å². The van der Waals surface area contributed by atoms with Crippen molar-refractivity contribution in [3.8, 4) is 5.75 Å². The van der Waals surface area contributed by atoms with E-state index in [0.29, 0.717) is 11.2 Å². The van der Waals surface area contributed by atoms with Crippen molar-refractivity contribution in [2.75, 3.05) is 7.11 Å². The number of thioether (sulfide) groups is 1. The Morgan fingerprint density at radius 1 is 0.926 bits per heavy atom. The summed E-state index contributed by atoms with van der Waals surface area (Å²) in [6, 6.07) is 25.9. The number of hydrogen-bond donors (Lipinski definition) is 0. The second-order valence-corrected chi connectivity index (χ2v) is 8.26. The molecule has 1 aliphatic carbocycles. The van der Waals surface area contributed by atoms with Crippen LogP contribution in [0, 0.1) is 5.92 Å². The van der Waals surface area contributed by atoms with E-state index in [1.807, 2.05) is 11.8 Å². The van der Waals surface area contributed by atoms with Crippen molar-refractivity contribution < 1.29 is 4.74 Å². The minimum Gasteiger partial charge on any atom is -0.497 e. The van der Waals surface area contributed by atoms with Crippen molar-refractivity contribution in [2.24, 2.45) is 10.9 Å². The van der Waals surface area contributed by atoms with Gasteiger partial charge in [0.15, 0.2) is 0 Å². The number of para-hydroxylation sites is 1. The second kappa shape index (κ2) is 6.90. The number of nitrogens with zero attached hydrogens (tertiary/aromatic N) is 1. The summed E-state index contributed by atoms with van der Waals surface area (Å²) in [6.07, 6.45) is 2.25. The maximum absolute atomic E-state index is 5.36. The van der Waals surface area contributed by atoms with E-state index in [9.17, 15) is 0 Å². The SMILES string of the molecule is COc1ccc([C@H]2Sc3ccccc3N=C3c4ccccc4CC[C@H]32)cc1. The number of aryl methyl sites for hydroxylation is 1. The molecule has 0 fully saturated rings. The molecular formula is C24H21NOS. The molecule has 0 aromatic heterocycles. The Morgan fingerprint density at radius 3 is 2.56 bits per heavy atom. The van der Waals surface area contributed by atoms with Gasteiger partial charge in [0.1, 0.15) is 5.75 Å². The number of ether oxygens (including phenoxy) is 1. The van der Waals surface area contributed by atoms with Gasteiger partial charge in [0.2, 0.25) is 0 Å². The first-order valence-corrected chi connectivity index (χ1v) is 10.3. The van der Waals surface area contributed by atoms with Gasteiger partial charge in [-0.2, -0.15) is 0 Å². The summed E-state index contributed by atoms with van der Waals surface area (Å²) in [7, 11) is 1.72. The van der Waals surface area contributed by atoms with E-state index in [-0.39, 0.29) is 0 Å². The summed E-state index contributed by atoms with van der Waals surface area (Å²) >= 11 is 1.95. The molecule has 3 aromatic rings. The molecule has 0 saturated carbocycles. The van der Waals surface area contributed by atoms with Crippen LogP contribution in [-0.4, -0.2) is 12.8 Å². The lowest BCUT2D eigenvalue weighted by Gasteiger charge is -2.31. The number of fused-ring (bicyclic) bond motifs is 4. The highest BCUT2D eigenvalue weighted by Gasteiger charge is 2.35. The summed E-state index contributed by atoms with van der Waals surface area (Å²) in [4.78, 5) is 6.44. The van der Waals surface area contributed by atoms with Crippen molar-refractivity contribution in [2.45, 2.75) is 23.0 Å². The first-order valence-electron chi connectivity index (χ1n) is 9.40. The van der Waals surface area contributed by atoms with Crippen molar-refractivity contribution in [1.29, 1.82) is 0 Å². The van der Waals surface area contributed by atoms with Gasteiger partial charge in [-0.25, -0.2) is 0 Å². The van der Waals surface area contributed by atoms with Crippen molar-refractivity contribution in [3.63, 3.8) is 0 Å². The van der Waals surface area contributed by atoms with Crippen molar-refractivity contribution >= 4 is 23.2 Å². The fourth-order valence-electron chi connectivity index (χ4n) is 4.17. The molecule has 2 aliphatic rings. The highest BCUT2D eigenvalue weighted by Crippen LogP contribution is 2.51. The molecule has 1 heterocycles. The van der Waals surface area contributed by atoms with Crippen molar-refractivity contribution in [3.05, 3.63) is 89.5 Å². The lowest BCUT2D eigenvalue weighted by atomic mass is 9.78. The lowest BCUT2D eigenvalue weighted by molar-refractivity contribution is 0.414. The van der Waals surface area contributed by atoms with E-state index < -0.39 is 0 Å². The fourth-order valence-corrected chi connectivity index (χ4v) is 5.55. The Balaban J connectivity index is 1.66. The van der Waals surface area contributed by atoms with Crippen molar-refractivity contribution in [1.82, 2.24) is 0 Å². The monoisotopic (exact) mass is 371 g/mol. The average Bonchev–Trinajstić information content (AvgIpc) is 2.91. The normalized spacial score (nSPS) is 20.6. The molecule has 0 unspecified atom stereocenters. The molecule has 0 radical (unpaired) electrons. The zero-order valence-corrected chi connectivity index (χ0v) is 16.1. The third-order valence-electron chi connectivity index (χ3n) is 5.54. The Labute approximate surface area is 164 Å². The molecule has 0 saturated heterocycles. The molecule has 2 nitrogen and oxygen atoms in total. The Bertz CT molecular complexity index is 1010. The third-order valence-corrected chi connectivity index (χ3v) is 6.99. The van der Waals surface area contributed by atoms with Crippen LogP contribution in [0.15, 0.2) is 82.7 Å².